The third-order valence-corrected chi connectivity index (χ3v) is 4.57. The Bertz CT molecular complexity index is 1160. The number of benzene rings is 4. The van der Waals surface area contributed by atoms with Crippen molar-refractivity contribution in [2.75, 3.05) is 10.9 Å². The molecule has 8 nitrogen and oxygen atoms in total. The van der Waals surface area contributed by atoms with Crippen LogP contribution in [0.3, 0.4) is 0 Å². The minimum absolute atomic E-state index is 0. The summed E-state index contributed by atoms with van der Waals surface area (Å²) in [7, 11) is 0. The molecule has 0 aromatic heterocycles. The molecule has 0 aliphatic rings. The molecule has 0 amide bonds. The van der Waals surface area contributed by atoms with Crippen LogP contribution in [-0.2, 0) is 19.5 Å². The zero-order valence-corrected chi connectivity index (χ0v) is 24.5. The number of nitrogens with zero attached hydrogens (tertiary/aromatic N) is 4. The van der Waals surface area contributed by atoms with E-state index >= 15 is 0 Å². The first-order valence-electron chi connectivity index (χ1n) is 10.8. The van der Waals surface area contributed by atoms with Crippen LogP contribution in [0.2, 0.25) is 0 Å². The van der Waals surface area contributed by atoms with Crippen LogP contribution >= 0.6 is 24.4 Å². The van der Waals surface area contributed by atoms with Gasteiger partial charge in [-0.1, -0.05) is 72.8 Å². The smallest absolute Gasteiger partial charge is 0.299 e. The van der Waals surface area contributed by atoms with Crippen molar-refractivity contribution in [2.24, 2.45) is 20.5 Å². The van der Waals surface area contributed by atoms with Gasteiger partial charge in [0, 0.05) is 0 Å². The summed E-state index contributed by atoms with van der Waals surface area (Å²) in [5, 5.41) is 16.3. The first kappa shape index (κ1) is 29.3. The molecule has 0 saturated heterocycles. The molecule has 4 N–H and O–H groups in total. The number of hydrogen-bond donors (Lipinski definition) is 4. The summed E-state index contributed by atoms with van der Waals surface area (Å²) < 4.78 is 0. The van der Waals surface area contributed by atoms with E-state index in [0.29, 0.717) is 0 Å². The second-order valence-corrected chi connectivity index (χ2v) is 7.69. The van der Waals surface area contributed by atoms with Gasteiger partial charge in [0.25, 0.3) is 0 Å². The molecular weight excluding hydrogens is 554 g/mol. The molecule has 4 rings (SSSR count). The van der Waals surface area contributed by atoms with Gasteiger partial charge in [-0.3, -0.25) is 21.7 Å². The molecule has 4 aromatic rings. The van der Waals surface area contributed by atoms with Crippen LogP contribution in [0.15, 0.2) is 142 Å². The monoisotopic (exact) mass is 576 g/mol. The SMILES string of the molecule is S=C(N=Nc1ccccc1)NNc1ccccc1.S=C(N=Nc1ccccc1)NNc1ccccc1.[Zn+2]. The van der Waals surface area contributed by atoms with Crippen molar-refractivity contribution in [3.8, 4) is 0 Å². The first-order chi connectivity index (χ1) is 17.7. The van der Waals surface area contributed by atoms with Gasteiger partial charge in [0.15, 0.2) is 0 Å². The summed E-state index contributed by atoms with van der Waals surface area (Å²) in [5.74, 6) is 0. The topological polar surface area (TPSA) is 97.6 Å². The van der Waals surface area contributed by atoms with Gasteiger partial charge in [0.2, 0.25) is 10.2 Å². The Morgan fingerprint density at radius 2 is 0.757 bits per heavy atom. The zero-order chi connectivity index (χ0) is 25.3. The number of thiocarbonyl (C=S) groups is 2. The van der Waals surface area contributed by atoms with Crippen LogP contribution in [0.25, 0.3) is 0 Å². The molecule has 0 atom stereocenters. The molecular formula is C26H24N8S2Zn+2. The Hall–Kier alpha value is -3.92. The predicted octanol–water partition coefficient (Wildman–Crippen LogP) is 7.34. The largest absolute Gasteiger partial charge is 2.00 e. The van der Waals surface area contributed by atoms with Gasteiger partial charge in [-0.25, -0.2) is 0 Å². The van der Waals surface area contributed by atoms with Crippen LogP contribution in [-0.4, -0.2) is 10.2 Å². The summed E-state index contributed by atoms with van der Waals surface area (Å²) in [5.41, 5.74) is 14.8. The molecule has 0 bridgehead atoms. The number of hydrogen-bond acceptors (Lipinski definition) is 6. The average Bonchev–Trinajstić information content (AvgIpc) is 2.95. The van der Waals surface area contributed by atoms with Gasteiger partial charge < -0.3 is 0 Å². The van der Waals surface area contributed by atoms with Crippen LogP contribution in [0, 0.1) is 0 Å². The van der Waals surface area contributed by atoms with E-state index in [4.69, 9.17) is 24.4 Å². The van der Waals surface area contributed by atoms with E-state index in [1.807, 2.05) is 121 Å². The Morgan fingerprint density at radius 3 is 1.08 bits per heavy atom. The summed E-state index contributed by atoms with van der Waals surface area (Å²) in [6.07, 6.45) is 0. The molecule has 0 spiro atoms. The number of rotatable bonds is 6. The number of nitrogens with one attached hydrogen (secondary N) is 4. The normalized spacial score (nSPS) is 9.95. The summed E-state index contributed by atoms with van der Waals surface area (Å²) in [4.78, 5) is 0. The fourth-order valence-electron chi connectivity index (χ4n) is 2.54. The molecule has 37 heavy (non-hydrogen) atoms. The maximum absolute atomic E-state index is 5.02. The molecule has 0 aliphatic carbocycles. The van der Waals surface area contributed by atoms with Gasteiger partial charge >= 0.3 is 19.5 Å². The molecule has 0 saturated carbocycles. The maximum Gasteiger partial charge on any atom is 2.00 e. The quantitative estimate of drug-likeness (QED) is 0.0828. The van der Waals surface area contributed by atoms with Crippen molar-refractivity contribution in [3.05, 3.63) is 121 Å². The van der Waals surface area contributed by atoms with E-state index in [2.05, 4.69) is 42.2 Å². The molecule has 180 valence electrons. The van der Waals surface area contributed by atoms with Crippen molar-refractivity contribution in [1.29, 1.82) is 0 Å². The van der Waals surface area contributed by atoms with Gasteiger partial charge in [0.05, 0.1) is 22.7 Å². The van der Waals surface area contributed by atoms with Gasteiger partial charge in [-0.05, 0) is 73.0 Å². The van der Waals surface area contributed by atoms with Crippen LogP contribution in [0.4, 0.5) is 22.7 Å². The minimum Gasteiger partial charge on any atom is -0.299 e. The molecule has 0 radical (unpaired) electrons. The first-order valence-corrected chi connectivity index (χ1v) is 11.7. The van der Waals surface area contributed by atoms with E-state index in [-0.39, 0.29) is 29.7 Å². The van der Waals surface area contributed by atoms with E-state index in [1.165, 1.54) is 0 Å². The molecule has 0 heterocycles. The third kappa shape index (κ3) is 12.6. The summed E-state index contributed by atoms with van der Waals surface area (Å²) in [6, 6.07) is 38.1. The molecule has 0 fully saturated rings. The van der Waals surface area contributed by atoms with E-state index in [1.54, 1.807) is 0 Å². The van der Waals surface area contributed by atoms with E-state index in [0.717, 1.165) is 22.7 Å². The van der Waals surface area contributed by atoms with Gasteiger partial charge in [-0.2, -0.15) is 0 Å². The van der Waals surface area contributed by atoms with E-state index < -0.39 is 0 Å². The van der Waals surface area contributed by atoms with Crippen molar-refractivity contribution in [3.63, 3.8) is 0 Å². The Morgan fingerprint density at radius 1 is 0.459 bits per heavy atom. The minimum atomic E-state index is 0. The third-order valence-electron chi connectivity index (χ3n) is 4.20. The standard InChI is InChI=1S/2C13H12N4S.Zn/c2*18-13(16-14-11-7-3-1-4-8-11)17-15-12-9-5-2-6-10-12;/h2*1-10,14H,(H,16,18);/q;;+2. The zero-order valence-electron chi connectivity index (χ0n) is 19.9. The predicted molar refractivity (Wildman–Crippen MR) is 154 cm³/mol. The van der Waals surface area contributed by atoms with Crippen LogP contribution in [0.1, 0.15) is 0 Å². The summed E-state index contributed by atoms with van der Waals surface area (Å²) >= 11 is 10.0. The fraction of sp³-hybridized carbons (Fsp3) is 0. The van der Waals surface area contributed by atoms with E-state index in [9.17, 15) is 0 Å². The molecule has 0 unspecified atom stereocenters. The second-order valence-electron chi connectivity index (χ2n) is 6.91. The number of hydrazine groups is 2. The Kier molecular flexibility index (Phi) is 13.9. The molecule has 4 aromatic carbocycles. The van der Waals surface area contributed by atoms with Gasteiger partial charge in [-0.15, -0.1) is 20.5 Å². The summed E-state index contributed by atoms with van der Waals surface area (Å²) in [6.45, 7) is 0. The maximum atomic E-state index is 5.02. The van der Waals surface area contributed by atoms with Crippen molar-refractivity contribution in [2.45, 2.75) is 0 Å². The van der Waals surface area contributed by atoms with Crippen molar-refractivity contribution in [1.82, 2.24) is 10.9 Å². The fourth-order valence-corrected chi connectivity index (χ4v) is 2.72. The van der Waals surface area contributed by atoms with Crippen LogP contribution in [0.5, 0.6) is 0 Å². The Balaban J connectivity index is 0.000000253. The second kappa shape index (κ2) is 17.5. The van der Waals surface area contributed by atoms with Crippen molar-refractivity contribution < 1.29 is 19.5 Å². The number of anilines is 2. The van der Waals surface area contributed by atoms with Crippen LogP contribution < -0.4 is 21.7 Å². The Labute approximate surface area is 239 Å². The number of para-hydroxylation sites is 2. The molecule has 11 heteroatoms. The average molecular weight is 578 g/mol. The van der Waals surface area contributed by atoms with Gasteiger partial charge in [0.1, 0.15) is 0 Å². The molecule has 0 aliphatic heterocycles. The number of azo groups is 2. The van der Waals surface area contributed by atoms with Crippen molar-refractivity contribution >= 4 is 57.4 Å².